The maximum Gasteiger partial charge on any atom is 0.251 e. The number of benzene rings is 3. The van der Waals surface area contributed by atoms with E-state index in [1.54, 1.807) is 36.4 Å². The van der Waals surface area contributed by atoms with Crippen LogP contribution < -0.4 is 10.6 Å². The zero-order chi connectivity index (χ0) is 25.2. The number of hydrogen-bond donors (Lipinski definition) is 2. The van der Waals surface area contributed by atoms with Gasteiger partial charge >= 0.3 is 0 Å². The van der Waals surface area contributed by atoms with E-state index in [0.29, 0.717) is 37.2 Å². The van der Waals surface area contributed by atoms with E-state index in [4.69, 9.17) is 0 Å². The Bertz CT molecular complexity index is 1340. The van der Waals surface area contributed by atoms with Gasteiger partial charge in [0.2, 0.25) is 15.9 Å². The molecule has 0 spiro atoms. The molecule has 1 fully saturated rings. The van der Waals surface area contributed by atoms with Crippen molar-refractivity contribution in [2.45, 2.75) is 44.0 Å². The summed E-state index contributed by atoms with van der Waals surface area (Å²) in [5.74, 6) is -0.586. The lowest BCUT2D eigenvalue weighted by molar-refractivity contribution is -0.120. The van der Waals surface area contributed by atoms with E-state index in [-0.39, 0.29) is 28.2 Å². The summed E-state index contributed by atoms with van der Waals surface area (Å²) < 4.78 is 27.8. The van der Waals surface area contributed by atoms with E-state index in [9.17, 15) is 18.0 Å². The van der Waals surface area contributed by atoms with Gasteiger partial charge in [-0.2, -0.15) is 4.31 Å². The Balaban J connectivity index is 1.35. The molecule has 1 saturated heterocycles. The summed E-state index contributed by atoms with van der Waals surface area (Å²) in [6, 6.07) is 19.6. The first-order valence-corrected chi connectivity index (χ1v) is 13.2. The molecule has 0 radical (unpaired) electrons. The normalized spacial score (nSPS) is 15.6. The highest BCUT2D eigenvalue weighted by molar-refractivity contribution is 7.89. The Morgan fingerprint density at radius 2 is 1.51 bits per heavy atom. The minimum absolute atomic E-state index is 0.139. The molecule has 2 N–H and O–H groups in total. The van der Waals surface area contributed by atoms with Crippen molar-refractivity contribution in [1.29, 1.82) is 0 Å². The Kier molecular flexibility index (Phi) is 6.96. The summed E-state index contributed by atoms with van der Waals surface area (Å²) in [5.41, 5.74) is 0.791. The smallest absolute Gasteiger partial charge is 0.251 e. The van der Waals surface area contributed by atoms with Crippen LogP contribution >= 0.6 is 0 Å². The van der Waals surface area contributed by atoms with Gasteiger partial charge in [-0.25, -0.2) is 8.42 Å². The molecule has 1 heterocycles. The van der Waals surface area contributed by atoms with Gasteiger partial charge in [0.1, 0.15) is 0 Å². The molecule has 0 unspecified atom stereocenters. The standard InChI is InChI=1S/C27H31N3O4S/c1-27(2,3)29-26(32)20-8-11-23(12-9-20)28-25(31)21-14-16-30(17-15-21)35(33,34)24-13-10-19-6-4-5-7-22(19)18-24/h4-13,18,21H,14-17H2,1-3H3,(H,28,31)(H,29,32). The largest absolute Gasteiger partial charge is 0.347 e. The average molecular weight is 494 g/mol. The van der Waals surface area contributed by atoms with Gasteiger partial charge < -0.3 is 10.6 Å². The molecule has 3 aromatic carbocycles. The predicted molar refractivity (Wildman–Crippen MR) is 138 cm³/mol. The highest BCUT2D eigenvalue weighted by atomic mass is 32.2. The minimum atomic E-state index is -3.62. The number of fused-ring (bicyclic) bond motifs is 1. The highest BCUT2D eigenvalue weighted by Crippen LogP contribution is 2.27. The van der Waals surface area contributed by atoms with Crippen molar-refractivity contribution in [2.75, 3.05) is 18.4 Å². The number of anilines is 1. The van der Waals surface area contributed by atoms with Crippen LogP contribution in [0.3, 0.4) is 0 Å². The fourth-order valence-corrected chi connectivity index (χ4v) is 5.70. The molecule has 184 valence electrons. The van der Waals surface area contributed by atoms with Gasteiger partial charge in [0.05, 0.1) is 4.90 Å². The van der Waals surface area contributed by atoms with Crippen LogP contribution in [0.2, 0.25) is 0 Å². The third kappa shape index (κ3) is 5.89. The summed E-state index contributed by atoms with van der Waals surface area (Å²) in [4.78, 5) is 25.3. The summed E-state index contributed by atoms with van der Waals surface area (Å²) in [7, 11) is -3.62. The molecule has 3 aromatic rings. The third-order valence-corrected chi connectivity index (χ3v) is 7.98. The number of nitrogens with zero attached hydrogens (tertiary/aromatic N) is 1. The number of rotatable bonds is 5. The highest BCUT2D eigenvalue weighted by Gasteiger charge is 2.32. The van der Waals surface area contributed by atoms with Crippen LogP contribution in [-0.4, -0.2) is 43.2 Å². The molecule has 0 saturated carbocycles. The first-order valence-electron chi connectivity index (χ1n) is 11.8. The molecule has 1 aliphatic heterocycles. The van der Waals surface area contributed by atoms with Gasteiger partial charge in [-0.15, -0.1) is 0 Å². The number of piperidine rings is 1. The molecule has 0 aromatic heterocycles. The van der Waals surface area contributed by atoms with Gasteiger partial charge in [-0.3, -0.25) is 9.59 Å². The Hall–Kier alpha value is -3.23. The van der Waals surface area contributed by atoms with E-state index in [0.717, 1.165) is 10.8 Å². The summed E-state index contributed by atoms with van der Waals surface area (Å²) >= 11 is 0. The van der Waals surface area contributed by atoms with E-state index >= 15 is 0 Å². The zero-order valence-electron chi connectivity index (χ0n) is 20.2. The van der Waals surface area contributed by atoms with Gasteiger partial charge in [0, 0.05) is 35.8 Å². The van der Waals surface area contributed by atoms with Crippen LogP contribution in [0.5, 0.6) is 0 Å². The lowest BCUT2D eigenvalue weighted by Crippen LogP contribution is -2.41. The maximum atomic E-state index is 13.2. The SMILES string of the molecule is CC(C)(C)NC(=O)c1ccc(NC(=O)C2CCN(S(=O)(=O)c3ccc4ccccc4c3)CC2)cc1. The van der Waals surface area contributed by atoms with Gasteiger partial charge in [0.25, 0.3) is 5.91 Å². The van der Waals surface area contributed by atoms with Crippen molar-refractivity contribution in [3.8, 4) is 0 Å². The molecule has 0 bridgehead atoms. The Morgan fingerprint density at radius 3 is 2.14 bits per heavy atom. The molecule has 35 heavy (non-hydrogen) atoms. The van der Waals surface area contributed by atoms with Crippen molar-refractivity contribution < 1.29 is 18.0 Å². The Labute approximate surface area is 206 Å². The van der Waals surface area contributed by atoms with Crippen LogP contribution in [0.15, 0.2) is 71.6 Å². The maximum absolute atomic E-state index is 13.2. The lowest BCUT2D eigenvalue weighted by atomic mass is 9.97. The topological polar surface area (TPSA) is 95.6 Å². The average Bonchev–Trinajstić information content (AvgIpc) is 2.83. The number of carbonyl (C=O) groups is 2. The van der Waals surface area contributed by atoms with Crippen LogP contribution in [0.4, 0.5) is 5.69 Å². The number of hydrogen-bond acceptors (Lipinski definition) is 4. The predicted octanol–water partition coefficient (Wildman–Crippen LogP) is 4.41. The second kappa shape index (κ2) is 9.79. The molecular weight excluding hydrogens is 462 g/mol. The van der Waals surface area contributed by atoms with Gasteiger partial charge in [-0.1, -0.05) is 30.3 Å². The second-order valence-corrected chi connectivity index (χ2v) is 11.9. The van der Waals surface area contributed by atoms with Crippen molar-refractivity contribution in [1.82, 2.24) is 9.62 Å². The minimum Gasteiger partial charge on any atom is -0.347 e. The lowest BCUT2D eigenvalue weighted by Gasteiger charge is -2.30. The van der Waals surface area contributed by atoms with Gasteiger partial charge in [0.15, 0.2) is 0 Å². The first kappa shape index (κ1) is 24.9. The summed E-state index contributed by atoms with van der Waals surface area (Å²) in [6.45, 7) is 6.33. The molecule has 4 rings (SSSR count). The zero-order valence-corrected chi connectivity index (χ0v) is 21.1. The fraction of sp³-hybridized carbons (Fsp3) is 0.333. The van der Waals surface area contributed by atoms with Crippen molar-refractivity contribution in [2.24, 2.45) is 5.92 Å². The van der Waals surface area contributed by atoms with Crippen molar-refractivity contribution >= 4 is 38.3 Å². The van der Waals surface area contributed by atoms with E-state index in [1.807, 2.05) is 51.1 Å². The van der Waals surface area contributed by atoms with E-state index in [1.165, 1.54) is 4.31 Å². The van der Waals surface area contributed by atoms with Crippen LogP contribution in [0, 0.1) is 5.92 Å². The molecule has 2 amide bonds. The number of amides is 2. The van der Waals surface area contributed by atoms with Crippen LogP contribution in [0.25, 0.3) is 10.8 Å². The number of nitrogens with one attached hydrogen (secondary N) is 2. The van der Waals surface area contributed by atoms with Crippen molar-refractivity contribution in [3.63, 3.8) is 0 Å². The quantitative estimate of drug-likeness (QED) is 0.550. The fourth-order valence-electron chi connectivity index (χ4n) is 4.20. The molecule has 0 atom stereocenters. The van der Waals surface area contributed by atoms with E-state index < -0.39 is 10.0 Å². The molecule has 8 heteroatoms. The first-order chi connectivity index (χ1) is 16.5. The van der Waals surface area contributed by atoms with Gasteiger partial charge in [-0.05, 0) is 80.8 Å². The molecule has 0 aliphatic carbocycles. The molecule has 1 aliphatic rings. The molecule has 7 nitrogen and oxygen atoms in total. The van der Waals surface area contributed by atoms with Crippen LogP contribution in [0.1, 0.15) is 44.0 Å². The number of carbonyl (C=O) groups excluding carboxylic acids is 2. The summed E-state index contributed by atoms with van der Waals surface area (Å²) in [5, 5.41) is 7.67. The monoisotopic (exact) mass is 493 g/mol. The Morgan fingerprint density at radius 1 is 0.886 bits per heavy atom. The van der Waals surface area contributed by atoms with E-state index in [2.05, 4.69) is 10.6 Å². The third-order valence-electron chi connectivity index (χ3n) is 6.09. The summed E-state index contributed by atoms with van der Waals surface area (Å²) in [6.07, 6.45) is 0.898. The number of sulfonamides is 1. The van der Waals surface area contributed by atoms with Crippen LogP contribution in [-0.2, 0) is 14.8 Å². The second-order valence-electron chi connectivity index (χ2n) is 9.96. The van der Waals surface area contributed by atoms with Crippen molar-refractivity contribution in [3.05, 3.63) is 72.3 Å². The molecular formula is C27H31N3O4S.